The number of rotatable bonds is 5. The second kappa shape index (κ2) is 7.67. The Bertz CT molecular complexity index is 725. The van der Waals surface area contributed by atoms with Gasteiger partial charge in [-0.05, 0) is 36.6 Å². The highest BCUT2D eigenvalue weighted by molar-refractivity contribution is 7.99. The van der Waals surface area contributed by atoms with Gasteiger partial charge in [0.05, 0.1) is 0 Å². The van der Waals surface area contributed by atoms with Gasteiger partial charge in [-0.15, -0.1) is 11.8 Å². The van der Waals surface area contributed by atoms with Crippen LogP contribution >= 0.6 is 11.8 Å². The van der Waals surface area contributed by atoms with Gasteiger partial charge in [0.1, 0.15) is 13.2 Å². The summed E-state index contributed by atoms with van der Waals surface area (Å²) >= 11 is 1.55. The molecule has 0 bridgehead atoms. The second-order valence-electron chi connectivity index (χ2n) is 6.45. The molecule has 0 aliphatic carbocycles. The Labute approximate surface area is 152 Å². The largest absolute Gasteiger partial charge is 0.486 e. The Morgan fingerprint density at radius 2 is 1.92 bits per heavy atom. The predicted molar refractivity (Wildman–Crippen MR) is 98.4 cm³/mol. The van der Waals surface area contributed by atoms with E-state index in [1.54, 1.807) is 23.9 Å². The van der Waals surface area contributed by atoms with Gasteiger partial charge >= 0.3 is 0 Å². The minimum atomic E-state index is -0.286. The van der Waals surface area contributed by atoms with E-state index in [2.05, 4.69) is 35.2 Å². The van der Waals surface area contributed by atoms with Crippen molar-refractivity contribution in [3.63, 3.8) is 0 Å². The Balaban J connectivity index is 1.30. The van der Waals surface area contributed by atoms with Crippen LogP contribution in [0.1, 0.15) is 17.9 Å². The molecule has 0 radical (unpaired) electrons. The van der Waals surface area contributed by atoms with Crippen LogP contribution in [0, 0.1) is 5.82 Å². The van der Waals surface area contributed by atoms with Crippen LogP contribution in [-0.2, 0) is 0 Å². The monoisotopic (exact) mass is 359 g/mol. The maximum atomic E-state index is 14.5. The van der Waals surface area contributed by atoms with Gasteiger partial charge in [-0.1, -0.05) is 30.3 Å². The number of likely N-dealkylation sites (tertiary alicyclic amines) is 1. The minimum absolute atomic E-state index is 0.265. The highest BCUT2D eigenvalue weighted by Gasteiger charge is 2.24. The molecule has 1 unspecified atom stereocenters. The molecule has 0 aromatic heterocycles. The van der Waals surface area contributed by atoms with Crippen LogP contribution in [-0.4, -0.2) is 43.5 Å². The molecule has 25 heavy (non-hydrogen) atoms. The summed E-state index contributed by atoms with van der Waals surface area (Å²) in [5.74, 6) is 1.99. The average molecular weight is 359 g/mol. The molecule has 2 aliphatic heterocycles. The van der Waals surface area contributed by atoms with Crippen molar-refractivity contribution in [3.05, 3.63) is 53.8 Å². The molecule has 132 valence electrons. The molecule has 5 heteroatoms. The summed E-state index contributed by atoms with van der Waals surface area (Å²) in [6.45, 7) is 4.07. The van der Waals surface area contributed by atoms with Crippen molar-refractivity contribution in [2.75, 3.05) is 38.6 Å². The third kappa shape index (κ3) is 3.77. The summed E-state index contributed by atoms with van der Waals surface area (Å²) in [5, 5.41) is 0. The fourth-order valence-corrected chi connectivity index (χ4v) is 4.45. The van der Waals surface area contributed by atoms with Crippen LogP contribution in [0.2, 0.25) is 0 Å². The van der Waals surface area contributed by atoms with Gasteiger partial charge in [0.25, 0.3) is 0 Å². The van der Waals surface area contributed by atoms with E-state index in [1.165, 1.54) is 12.0 Å². The fourth-order valence-electron chi connectivity index (χ4n) is 3.49. The Kier molecular flexibility index (Phi) is 5.13. The van der Waals surface area contributed by atoms with Gasteiger partial charge in [-0.25, -0.2) is 4.39 Å². The van der Waals surface area contributed by atoms with Gasteiger partial charge in [0.2, 0.25) is 0 Å². The molecule has 2 heterocycles. The number of ether oxygens (including phenoxy) is 2. The third-order valence-corrected chi connectivity index (χ3v) is 5.83. The number of thioether (sulfide) groups is 1. The summed E-state index contributed by atoms with van der Waals surface area (Å²) in [7, 11) is 0. The molecular weight excluding hydrogens is 337 g/mol. The maximum Gasteiger partial charge on any atom is 0.198 e. The molecule has 1 atom stereocenters. The lowest BCUT2D eigenvalue weighted by Gasteiger charge is -2.20. The number of benzene rings is 2. The molecule has 3 nitrogen and oxygen atoms in total. The topological polar surface area (TPSA) is 21.7 Å². The quantitative estimate of drug-likeness (QED) is 0.747. The van der Waals surface area contributed by atoms with Crippen molar-refractivity contribution in [1.29, 1.82) is 0 Å². The van der Waals surface area contributed by atoms with Crippen molar-refractivity contribution in [3.8, 4) is 11.5 Å². The number of hydrogen-bond acceptors (Lipinski definition) is 4. The van der Waals surface area contributed by atoms with Crippen molar-refractivity contribution in [2.24, 2.45) is 0 Å². The molecule has 0 spiro atoms. The smallest absolute Gasteiger partial charge is 0.198 e. The Morgan fingerprint density at radius 3 is 2.80 bits per heavy atom. The van der Waals surface area contributed by atoms with Gasteiger partial charge in [-0.2, -0.15) is 0 Å². The molecule has 0 N–H and O–H groups in total. The van der Waals surface area contributed by atoms with Crippen molar-refractivity contribution in [1.82, 2.24) is 4.90 Å². The molecule has 0 amide bonds. The SMILES string of the molecule is Fc1c(SCCN2CCC(c3ccccc3)C2)ccc2c1OCCO2. The predicted octanol–water partition coefficient (Wildman–Crippen LogP) is 4.18. The highest BCUT2D eigenvalue weighted by atomic mass is 32.2. The van der Waals surface area contributed by atoms with Gasteiger partial charge < -0.3 is 14.4 Å². The lowest BCUT2D eigenvalue weighted by Crippen LogP contribution is -2.23. The van der Waals surface area contributed by atoms with Crippen LogP contribution in [0.4, 0.5) is 4.39 Å². The summed E-state index contributed by atoms with van der Waals surface area (Å²) in [4.78, 5) is 3.11. The normalized spacial score (nSPS) is 20.0. The van der Waals surface area contributed by atoms with E-state index in [1.807, 2.05) is 0 Å². The van der Waals surface area contributed by atoms with E-state index in [4.69, 9.17) is 9.47 Å². The average Bonchev–Trinajstić information content (AvgIpc) is 3.13. The number of nitrogens with zero attached hydrogens (tertiary/aromatic N) is 1. The molecule has 0 saturated carbocycles. The summed E-state index contributed by atoms with van der Waals surface area (Å²) in [5.41, 5.74) is 1.43. The van der Waals surface area contributed by atoms with Crippen molar-refractivity contribution >= 4 is 11.8 Å². The van der Waals surface area contributed by atoms with Crippen LogP contribution in [0.5, 0.6) is 11.5 Å². The van der Waals surface area contributed by atoms with E-state index < -0.39 is 0 Å². The van der Waals surface area contributed by atoms with Gasteiger partial charge in [-0.3, -0.25) is 0 Å². The molecular formula is C20H22FNO2S. The van der Waals surface area contributed by atoms with Crippen LogP contribution in [0.15, 0.2) is 47.4 Å². The number of hydrogen-bond donors (Lipinski definition) is 0. The fraction of sp³-hybridized carbons (Fsp3) is 0.400. The van der Waals surface area contributed by atoms with E-state index in [0.717, 1.165) is 25.4 Å². The number of halogens is 1. The zero-order valence-electron chi connectivity index (χ0n) is 14.1. The lowest BCUT2D eigenvalue weighted by molar-refractivity contribution is 0.163. The first-order chi connectivity index (χ1) is 12.3. The minimum Gasteiger partial charge on any atom is -0.486 e. The summed E-state index contributed by atoms with van der Waals surface area (Å²) in [6.07, 6.45) is 1.20. The molecule has 1 saturated heterocycles. The highest BCUT2D eigenvalue weighted by Crippen LogP contribution is 2.38. The van der Waals surface area contributed by atoms with Crippen molar-refractivity contribution < 1.29 is 13.9 Å². The Morgan fingerprint density at radius 1 is 1.08 bits per heavy atom. The number of fused-ring (bicyclic) bond motifs is 1. The van der Waals surface area contributed by atoms with E-state index in [9.17, 15) is 4.39 Å². The first kappa shape index (κ1) is 16.7. The standard InChI is InChI=1S/C20H22FNO2S/c21-19-18(7-6-17-20(19)24-12-11-23-17)25-13-10-22-9-8-16(14-22)15-4-2-1-3-5-15/h1-7,16H,8-14H2. The van der Waals surface area contributed by atoms with Gasteiger partial charge in [0, 0.05) is 23.7 Å². The van der Waals surface area contributed by atoms with E-state index in [0.29, 0.717) is 29.8 Å². The van der Waals surface area contributed by atoms with E-state index in [-0.39, 0.29) is 11.6 Å². The first-order valence-electron chi connectivity index (χ1n) is 8.79. The van der Waals surface area contributed by atoms with Crippen LogP contribution < -0.4 is 9.47 Å². The molecule has 4 rings (SSSR count). The van der Waals surface area contributed by atoms with Gasteiger partial charge in [0.15, 0.2) is 17.3 Å². The summed E-state index contributed by atoms with van der Waals surface area (Å²) < 4.78 is 25.3. The first-order valence-corrected chi connectivity index (χ1v) is 9.78. The van der Waals surface area contributed by atoms with Crippen molar-refractivity contribution in [2.45, 2.75) is 17.2 Å². The zero-order valence-corrected chi connectivity index (χ0v) is 14.9. The Hall–Kier alpha value is -1.72. The lowest BCUT2D eigenvalue weighted by atomic mass is 9.99. The summed E-state index contributed by atoms with van der Waals surface area (Å²) in [6, 6.07) is 14.3. The van der Waals surface area contributed by atoms with Crippen LogP contribution in [0.3, 0.4) is 0 Å². The molecule has 1 fully saturated rings. The third-order valence-electron chi connectivity index (χ3n) is 4.82. The van der Waals surface area contributed by atoms with Crippen LogP contribution in [0.25, 0.3) is 0 Å². The molecule has 2 aromatic carbocycles. The zero-order chi connectivity index (χ0) is 17.1. The molecule has 2 aliphatic rings. The maximum absolute atomic E-state index is 14.5. The van der Waals surface area contributed by atoms with E-state index >= 15 is 0 Å². The second-order valence-corrected chi connectivity index (χ2v) is 7.58. The molecule has 2 aromatic rings.